The molecule has 0 radical (unpaired) electrons. The van der Waals surface area contributed by atoms with E-state index >= 15 is 0 Å². The summed E-state index contributed by atoms with van der Waals surface area (Å²) in [7, 11) is -4.10. The second kappa shape index (κ2) is 5.41. The number of benzene rings is 1. The smallest absolute Gasteiger partial charge is 0.311 e. The van der Waals surface area contributed by atoms with Gasteiger partial charge in [0.1, 0.15) is 0 Å². The minimum atomic E-state index is -4.10. The first-order valence-corrected chi connectivity index (χ1v) is 7.07. The van der Waals surface area contributed by atoms with Gasteiger partial charge >= 0.3 is 10.0 Å². The predicted octanol–water partition coefficient (Wildman–Crippen LogP) is -0.00680. The molecule has 1 aliphatic rings. The van der Waals surface area contributed by atoms with E-state index in [0.717, 1.165) is 18.8 Å². The van der Waals surface area contributed by atoms with E-state index in [0.29, 0.717) is 13.2 Å². The number of hydrogen-bond acceptors (Lipinski definition) is 6. The summed E-state index contributed by atoms with van der Waals surface area (Å²) in [5.41, 5.74) is 0.864. The predicted molar refractivity (Wildman–Crippen MR) is 66.8 cm³/mol. The molecule has 0 bridgehead atoms. The summed E-state index contributed by atoms with van der Waals surface area (Å²) >= 11 is 0. The van der Waals surface area contributed by atoms with Crippen LogP contribution in [0.2, 0.25) is 0 Å². The fourth-order valence-corrected chi connectivity index (χ4v) is 2.60. The molecule has 0 amide bonds. The molecule has 8 nitrogen and oxygen atoms in total. The first kappa shape index (κ1) is 13.6. The highest BCUT2D eigenvalue weighted by atomic mass is 32.2. The molecule has 1 aromatic carbocycles. The summed E-state index contributed by atoms with van der Waals surface area (Å²) in [6.07, 6.45) is 0. The van der Waals surface area contributed by atoms with Gasteiger partial charge < -0.3 is 9.64 Å². The fraction of sp³-hybridized carbons (Fsp3) is 0.400. The average Bonchev–Trinajstić information content (AvgIpc) is 2.38. The quantitative estimate of drug-likeness (QED) is 0.617. The van der Waals surface area contributed by atoms with Gasteiger partial charge in [-0.25, -0.2) is 10.1 Å². The van der Waals surface area contributed by atoms with Crippen molar-refractivity contribution in [3.63, 3.8) is 0 Å². The van der Waals surface area contributed by atoms with Crippen LogP contribution in [-0.2, 0) is 14.8 Å². The lowest BCUT2D eigenvalue weighted by Crippen LogP contribution is -2.36. The van der Waals surface area contributed by atoms with Crippen molar-refractivity contribution in [1.29, 1.82) is 0 Å². The Morgan fingerprint density at radius 1 is 1.21 bits per heavy atom. The second-order valence-electron chi connectivity index (χ2n) is 3.95. The Hall–Kier alpha value is -1.87. The minimum Gasteiger partial charge on any atom is -0.378 e. The molecule has 2 rings (SSSR count). The number of nitrogens with one attached hydrogen (secondary N) is 1. The maximum atomic E-state index is 11.5. The Balaban J connectivity index is 2.16. The average molecular weight is 287 g/mol. The fourth-order valence-electron chi connectivity index (χ4n) is 1.81. The molecule has 0 saturated carbocycles. The molecule has 1 saturated heterocycles. The maximum absolute atomic E-state index is 11.5. The van der Waals surface area contributed by atoms with Crippen LogP contribution < -0.4 is 9.73 Å². The van der Waals surface area contributed by atoms with Crippen molar-refractivity contribution in [2.75, 3.05) is 31.2 Å². The first-order valence-electron chi connectivity index (χ1n) is 5.59. The molecule has 0 aromatic heterocycles. The molecule has 0 aliphatic carbocycles. The maximum Gasteiger partial charge on any atom is 0.311 e. The van der Waals surface area contributed by atoms with E-state index in [2.05, 4.69) is 4.90 Å². The van der Waals surface area contributed by atoms with Crippen molar-refractivity contribution < 1.29 is 18.2 Å². The highest BCUT2D eigenvalue weighted by Gasteiger charge is 2.19. The van der Waals surface area contributed by atoms with Gasteiger partial charge in [-0.15, -0.1) is 0 Å². The number of morpholine rings is 1. The Labute approximate surface area is 110 Å². The molecule has 1 heterocycles. The van der Waals surface area contributed by atoms with Crippen molar-refractivity contribution in [2.45, 2.75) is 4.90 Å². The van der Waals surface area contributed by atoms with Gasteiger partial charge in [0.15, 0.2) is 5.03 Å². The summed E-state index contributed by atoms with van der Waals surface area (Å²) in [5, 5.41) is 9.10. The molecular formula is C10H13N3O5S. The number of hydrogen-bond donors (Lipinski definition) is 1. The number of sulfonamides is 1. The third kappa shape index (κ3) is 3.32. The van der Waals surface area contributed by atoms with Gasteiger partial charge in [-0.2, -0.15) is 8.42 Å². The molecule has 1 fully saturated rings. The van der Waals surface area contributed by atoms with Crippen LogP contribution in [0, 0.1) is 10.1 Å². The molecular weight excluding hydrogens is 274 g/mol. The van der Waals surface area contributed by atoms with Crippen LogP contribution in [-0.4, -0.2) is 39.8 Å². The van der Waals surface area contributed by atoms with Crippen LogP contribution in [0.15, 0.2) is 29.2 Å². The largest absolute Gasteiger partial charge is 0.378 e. The molecule has 0 unspecified atom stereocenters. The minimum absolute atomic E-state index is 0.138. The summed E-state index contributed by atoms with van der Waals surface area (Å²) in [6, 6.07) is 5.94. The zero-order valence-electron chi connectivity index (χ0n) is 9.98. The van der Waals surface area contributed by atoms with Crippen molar-refractivity contribution in [2.24, 2.45) is 0 Å². The molecule has 19 heavy (non-hydrogen) atoms. The van der Waals surface area contributed by atoms with Gasteiger partial charge in [0, 0.05) is 18.8 Å². The van der Waals surface area contributed by atoms with Crippen molar-refractivity contribution in [1.82, 2.24) is 4.83 Å². The molecule has 0 spiro atoms. The number of anilines is 1. The van der Waals surface area contributed by atoms with E-state index < -0.39 is 15.1 Å². The zero-order valence-corrected chi connectivity index (χ0v) is 10.8. The summed E-state index contributed by atoms with van der Waals surface area (Å²) < 4.78 is 28.3. The highest BCUT2D eigenvalue weighted by molar-refractivity contribution is 7.89. The van der Waals surface area contributed by atoms with Crippen molar-refractivity contribution in [3.05, 3.63) is 34.4 Å². The normalized spacial score (nSPS) is 16.1. The number of rotatable bonds is 4. The van der Waals surface area contributed by atoms with Crippen LogP contribution in [0.1, 0.15) is 0 Å². The number of ether oxygens (including phenoxy) is 1. The van der Waals surface area contributed by atoms with E-state index in [1.54, 1.807) is 12.1 Å². The monoisotopic (exact) mass is 287 g/mol. The van der Waals surface area contributed by atoms with E-state index in [4.69, 9.17) is 4.74 Å². The number of nitro groups is 1. The lowest BCUT2D eigenvalue weighted by molar-refractivity contribution is -0.518. The topological polar surface area (TPSA) is 102 Å². The summed E-state index contributed by atoms with van der Waals surface area (Å²) in [6.45, 7) is 2.73. The Morgan fingerprint density at radius 2 is 1.79 bits per heavy atom. The highest BCUT2D eigenvalue weighted by Crippen LogP contribution is 2.18. The van der Waals surface area contributed by atoms with Crippen LogP contribution in [0.5, 0.6) is 0 Å². The van der Waals surface area contributed by atoms with Gasteiger partial charge in [0.05, 0.1) is 18.1 Å². The standard InChI is InChI=1S/C10H13N3O5S/c14-13(15)11-19(16,17)10-3-1-9(2-4-10)12-5-7-18-8-6-12/h1-4,11H,5-8H2. The third-order valence-electron chi connectivity index (χ3n) is 2.72. The molecule has 1 N–H and O–H groups in total. The Bertz CT molecular complexity index is 551. The zero-order chi connectivity index (χ0) is 13.9. The Kier molecular flexibility index (Phi) is 3.86. The van der Waals surface area contributed by atoms with E-state index in [1.807, 2.05) is 0 Å². The first-order chi connectivity index (χ1) is 8.99. The van der Waals surface area contributed by atoms with Crippen molar-refractivity contribution in [3.8, 4) is 0 Å². The van der Waals surface area contributed by atoms with Crippen LogP contribution in [0.3, 0.4) is 0 Å². The van der Waals surface area contributed by atoms with Gasteiger partial charge in [-0.1, -0.05) is 0 Å². The van der Waals surface area contributed by atoms with Crippen molar-refractivity contribution >= 4 is 15.7 Å². The second-order valence-corrected chi connectivity index (χ2v) is 5.61. The van der Waals surface area contributed by atoms with Crippen LogP contribution in [0.25, 0.3) is 0 Å². The Morgan fingerprint density at radius 3 is 2.32 bits per heavy atom. The van der Waals surface area contributed by atoms with E-state index in [1.165, 1.54) is 17.0 Å². The number of nitrogens with zero attached hydrogens (tertiary/aromatic N) is 2. The van der Waals surface area contributed by atoms with E-state index in [-0.39, 0.29) is 4.90 Å². The lowest BCUT2D eigenvalue weighted by atomic mass is 10.2. The van der Waals surface area contributed by atoms with Gasteiger partial charge in [0.2, 0.25) is 0 Å². The molecule has 1 aliphatic heterocycles. The third-order valence-corrected chi connectivity index (χ3v) is 4.00. The molecule has 104 valence electrons. The van der Waals surface area contributed by atoms with E-state index in [9.17, 15) is 18.5 Å². The number of hydrazine groups is 1. The molecule has 1 aromatic rings. The van der Waals surface area contributed by atoms with Crippen LogP contribution in [0.4, 0.5) is 5.69 Å². The van der Waals surface area contributed by atoms with Crippen LogP contribution >= 0.6 is 0 Å². The van der Waals surface area contributed by atoms with Gasteiger partial charge in [0.25, 0.3) is 0 Å². The molecule has 0 atom stereocenters. The van der Waals surface area contributed by atoms with Gasteiger partial charge in [-0.3, -0.25) is 0 Å². The summed E-state index contributed by atoms with van der Waals surface area (Å²) in [4.78, 5) is 13.4. The molecule has 9 heteroatoms. The summed E-state index contributed by atoms with van der Waals surface area (Å²) in [5.74, 6) is 0. The SMILES string of the molecule is O=[N+]([O-])NS(=O)(=O)c1ccc(N2CCOCC2)cc1. The lowest BCUT2D eigenvalue weighted by Gasteiger charge is -2.28. The van der Waals surface area contributed by atoms with Gasteiger partial charge in [-0.05, 0) is 29.1 Å².